The Kier molecular flexibility index (Phi) is 3.36. The SMILES string of the molecule is O=c1[nH]c(CNS(=O)(=O)c2ccc3c(c2)CCN3)cs1. The molecule has 1 aromatic heterocycles. The summed E-state index contributed by atoms with van der Waals surface area (Å²) in [7, 11) is -3.57. The van der Waals surface area contributed by atoms with Crippen LogP contribution in [0.3, 0.4) is 0 Å². The molecule has 20 heavy (non-hydrogen) atoms. The topological polar surface area (TPSA) is 91.1 Å². The van der Waals surface area contributed by atoms with Crippen molar-refractivity contribution in [3.63, 3.8) is 0 Å². The second kappa shape index (κ2) is 5.04. The number of rotatable bonds is 4. The number of sulfonamides is 1. The van der Waals surface area contributed by atoms with Crippen molar-refractivity contribution in [3.05, 3.63) is 44.5 Å². The number of aromatic nitrogens is 1. The van der Waals surface area contributed by atoms with E-state index in [-0.39, 0.29) is 16.3 Å². The molecular formula is C12H13N3O3S2. The molecule has 0 fully saturated rings. The minimum Gasteiger partial charge on any atom is -0.384 e. The van der Waals surface area contributed by atoms with Gasteiger partial charge in [-0.15, -0.1) is 0 Å². The number of aromatic amines is 1. The van der Waals surface area contributed by atoms with Crippen molar-refractivity contribution in [2.24, 2.45) is 0 Å². The number of nitrogens with one attached hydrogen (secondary N) is 3. The van der Waals surface area contributed by atoms with Gasteiger partial charge >= 0.3 is 4.87 Å². The van der Waals surface area contributed by atoms with Gasteiger partial charge in [-0.05, 0) is 30.2 Å². The van der Waals surface area contributed by atoms with Gasteiger partial charge in [0, 0.05) is 23.3 Å². The van der Waals surface area contributed by atoms with Gasteiger partial charge in [-0.25, -0.2) is 13.1 Å². The Labute approximate surface area is 119 Å². The molecule has 6 nitrogen and oxygen atoms in total. The zero-order chi connectivity index (χ0) is 14.2. The first-order chi connectivity index (χ1) is 9.54. The van der Waals surface area contributed by atoms with E-state index >= 15 is 0 Å². The number of H-pyrrole nitrogens is 1. The molecule has 0 aliphatic carbocycles. The molecule has 1 aromatic carbocycles. The molecular weight excluding hydrogens is 298 g/mol. The van der Waals surface area contributed by atoms with E-state index in [0.717, 1.165) is 35.6 Å². The normalized spacial score (nSPS) is 14.0. The maximum absolute atomic E-state index is 12.2. The summed E-state index contributed by atoms with van der Waals surface area (Å²) in [6.45, 7) is 0.915. The Morgan fingerprint density at radius 2 is 2.20 bits per heavy atom. The van der Waals surface area contributed by atoms with Gasteiger partial charge in [-0.3, -0.25) is 4.79 Å². The van der Waals surface area contributed by atoms with Gasteiger partial charge in [0.15, 0.2) is 0 Å². The van der Waals surface area contributed by atoms with Crippen LogP contribution in [0.25, 0.3) is 0 Å². The first-order valence-electron chi connectivity index (χ1n) is 6.08. The zero-order valence-corrected chi connectivity index (χ0v) is 12.1. The van der Waals surface area contributed by atoms with Crippen molar-refractivity contribution >= 4 is 27.0 Å². The van der Waals surface area contributed by atoms with Crippen LogP contribution in [-0.2, 0) is 23.0 Å². The number of anilines is 1. The lowest BCUT2D eigenvalue weighted by molar-refractivity contribution is 0.580. The molecule has 8 heteroatoms. The lowest BCUT2D eigenvalue weighted by atomic mass is 10.2. The van der Waals surface area contributed by atoms with Crippen LogP contribution in [0.2, 0.25) is 0 Å². The number of benzene rings is 1. The molecule has 3 N–H and O–H groups in total. The van der Waals surface area contributed by atoms with Crippen molar-refractivity contribution in [1.29, 1.82) is 0 Å². The van der Waals surface area contributed by atoms with Gasteiger partial charge in [0.1, 0.15) is 0 Å². The van der Waals surface area contributed by atoms with E-state index < -0.39 is 10.0 Å². The lowest BCUT2D eigenvalue weighted by Gasteiger charge is -2.07. The van der Waals surface area contributed by atoms with Crippen molar-refractivity contribution in [3.8, 4) is 0 Å². The summed E-state index contributed by atoms with van der Waals surface area (Å²) >= 11 is 1.01. The van der Waals surface area contributed by atoms with Crippen molar-refractivity contribution in [2.75, 3.05) is 11.9 Å². The van der Waals surface area contributed by atoms with Crippen LogP contribution in [0, 0.1) is 0 Å². The molecule has 2 heterocycles. The van der Waals surface area contributed by atoms with E-state index in [0.29, 0.717) is 5.69 Å². The van der Waals surface area contributed by atoms with E-state index in [4.69, 9.17) is 0 Å². The van der Waals surface area contributed by atoms with Crippen LogP contribution < -0.4 is 14.9 Å². The highest BCUT2D eigenvalue weighted by atomic mass is 32.2. The molecule has 0 amide bonds. The third kappa shape index (κ3) is 2.62. The van der Waals surface area contributed by atoms with Crippen LogP contribution in [0.5, 0.6) is 0 Å². The Bertz CT molecular complexity index is 792. The summed E-state index contributed by atoms with van der Waals surface area (Å²) in [5, 5.41) is 4.79. The second-order valence-electron chi connectivity index (χ2n) is 4.49. The van der Waals surface area contributed by atoms with Crippen LogP contribution in [0.4, 0.5) is 5.69 Å². The summed E-state index contributed by atoms with van der Waals surface area (Å²) in [4.78, 5) is 13.6. The highest BCUT2D eigenvalue weighted by Gasteiger charge is 2.18. The third-order valence-electron chi connectivity index (χ3n) is 3.12. The van der Waals surface area contributed by atoms with Gasteiger partial charge in [0.25, 0.3) is 0 Å². The molecule has 0 saturated carbocycles. The van der Waals surface area contributed by atoms with Crippen molar-refractivity contribution < 1.29 is 8.42 Å². The lowest BCUT2D eigenvalue weighted by Crippen LogP contribution is -2.23. The molecule has 0 radical (unpaired) electrons. The maximum atomic E-state index is 12.2. The van der Waals surface area contributed by atoms with E-state index in [1.807, 2.05) is 0 Å². The predicted octanol–water partition coefficient (Wildman–Crippen LogP) is 0.883. The number of thiazole rings is 1. The Hall–Kier alpha value is -1.64. The summed E-state index contributed by atoms with van der Waals surface area (Å²) in [5.74, 6) is 0. The first-order valence-corrected chi connectivity index (χ1v) is 8.44. The van der Waals surface area contributed by atoms with Gasteiger partial charge < -0.3 is 10.3 Å². The molecule has 106 valence electrons. The van der Waals surface area contributed by atoms with E-state index in [1.165, 1.54) is 0 Å². The van der Waals surface area contributed by atoms with Crippen LogP contribution in [0.15, 0.2) is 33.3 Å². The minimum absolute atomic E-state index is 0.0798. The monoisotopic (exact) mass is 311 g/mol. The second-order valence-corrected chi connectivity index (χ2v) is 7.10. The van der Waals surface area contributed by atoms with Gasteiger partial charge in [-0.1, -0.05) is 11.3 Å². The van der Waals surface area contributed by atoms with Crippen LogP contribution in [0.1, 0.15) is 11.3 Å². The van der Waals surface area contributed by atoms with E-state index in [2.05, 4.69) is 15.0 Å². The smallest absolute Gasteiger partial charge is 0.304 e. The van der Waals surface area contributed by atoms with Gasteiger partial charge in [0.05, 0.1) is 11.4 Å². The van der Waals surface area contributed by atoms with E-state index in [9.17, 15) is 13.2 Å². The van der Waals surface area contributed by atoms with Crippen molar-refractivity contribution in [2.45, 2.75) is 17.9 Å². The number of hydrogen-bond donors (Lipinski definition) is 3. The van der Waals surface area contributed by atoms with Crippen LogP contribution in [-0.4, -0.2) is 19.9 Å². The van der Waals surface area contributed by atoms with Crippen LogP contribution >= 0.6 is 11.3 Å². The van der Waals surface area contributed by atoms with Gasteiger partial charge in [0.2, 0.25) is 10.0 Å². The Morgan fingerprint density at radius 3 is 2.95 bits per heavy atom. The summed E-state index contributed by atoms with van der Waals surface area (Å²) in [5.41, 5.74) is 2.56. The number of hydrogen-bond acceptors (Lipinski definition) is 5. The summed E-state index contributed by atoms with van der Waals surface area (Å²) in [6.07, 6.45) is 0.830. The van der Waals surface area contributed by atoms with Crippen molar-refractivity contribution in [1.82, 2.24) is 9.71 Å². The van der Waals surface area contributed by atoms with E-state index in [1.54, 1.807) is 23.6 Å². The fraction of sp³-hybridized carbons (Fsp3) is 0.250. The largest absolute Gasteiger partial charge is 0.384 e. The molecule has 1 aliphatic rings. The standard InChI is InChI=1S/C12H13N3O3S2/c16-12-15-9(7-19-12)6-14-20(17,18)10-1-2-11-8(5-10)3-4-13-11/h1-2,5,7,13-14H,3-4,6H2,(H,15,16). The molecule has 0 saturated heterocycles. The molecule has 3 rings (SSSR count). The Balaban J connectivity index is 1.79. The summed E-state index contributed by atoms with van der Waals surface area (Å²) < 4.78 is 26.9. The van der Waals surface area contributed by atoms with Gasteiger partial charge in [-0.2, -0.15) is 0 Å². The molecule has 0 atom stereocenters. The average molecular weight is 311 g/mol. The minimum atomic E-state index is -3.57. The Morgan fingerprint density at radius 1 is 1.35 bits per heavy atom. The zero-order valence-electron chi connectivity index (χ0n) is 10.5. The highest BCUT2D eigenvalue weighted by Crippen LogP contribution is 2.24. The average Bonchev–Trinajstić information content (AvgIpc) is 3.04. The third-order valence-corrected chi connectivity index (χ3v) is 5.24. The first kappa shape index (κ1) is 13.3. The quantitative estimate of drug-likeness (QED) is 0.782. The molecule has 0 spiro atoms. The molecule has 1 aliphatic heterocycles. The molecule has 0 bridgehead atoms. The molecule has 0 unspecified atom stereocenters. The summed E-state index contributed by atoms with van der Waals surface area (Å²) in [6, 6.07) is 5.05. The maximum Gasteiger partial charge on any atom is 0.304 e. The fourth-order valence-electron chi connectivity index (χ4n) is 2.10. The highest BCUT2D eigenvalue weighted by molar-refractivity contribution is 7.89. The number of fused-ring (bicyclic) bond motifs is 1. The molecule has 2 aromatic rings. The fourth-order valence-corrected chi connectivity index (χ4v) is 3.74. The predicted molar refractivity (Wildman–Crippen MR) is 77.6 cm³/mol.